The van der Waals surface area contributed by atoms with Crippen molar-refractivity contribution in [2.24, 2.45) is 5.92 Å². The second-order valence-corrected chi connectivity index (χ2v) is 5.14. The fourth-order valence-corrected chi connectivity index (χ4v) is 2.29. The summed E-state index contributed by atoms with van der Waals surface area (Å²) in [6.45, 7) is 5.60. The van der Waals surface area contributed by atoms with Crippen LogP contribution in [-0.4, -0.2) is 63.2 Å². The number of nitrogens with zero attached hydrogens (tertiary/aromatic N) is 1. The van der Waals surface area contributed by atoms with E-state index in [1.54, 1.807) is 12.0 Å². The monoisotopic (exact) mass is 321 g/mol. The Labute approximate surface area is 133 Å². The number of nitrogens with one attached hydrogen (secondary N) is 2. The lowest BCUT2D eigenvalue weighted by Crippen LogP contribution is -2.48. The third-order valence-corrected chi connectivity index (χ3v) is 3.45. The number of carbonyl (C=O) groups is 2. The van der Waals surface area contributed by atoms with Gasteiger partial charge in [-0.1, -0.05) is 6.92 Å². The summed E-state index contributed by atoms with van der Waals surface area (Å²) < 4.78 is 4.91. The molecule has 1 atom stereocenters. The maximum atomic E-state index is 12.0. The van der Waals surface area contributed by atoms with Gasteiger partial charge in [0.05, 0.1) is 19.1 Å². The van der Waals surface area contributed by atoms with Gasteiger partial charge in [-0.15, -0.1) is 12.4 Å². The summed E-state index contributed by atoms with van der Waals surface area (Å²) in [5, 5.41) is 5.96. The van der Waals surface area contributed by atoms with Crippen LogP contribution in [0, 0.1) is 5.92 Å². The van der Waals surface area contributed by atoms with Gasteiger partial charge < -0.3 is 20.3 Å². The van der Waals surface area contributed by atoms with Crippen LogP contribution in [0.4, 0.5) is 0 Å². The van der Waals surface area contributed by atoms with Gasteiger partial charge in [-0.25, -0.2) is 0 Å². The predicted molar refractivity (Wildman–Crippen MR) is 84.6 cm³/mol. The van der Waals surface area contributed by atoms with Gasteiger partial charge in [0.1, 0.15) is 0 Å². The summed E-state index contributed by atoms with van der Waals surface area (Å²) in [5.41, 5.74) is 0. The quantitative estimate of drug-likeness (QED) is 0.635. The number of halogens is 1. The van der Waals surface area contributed by atoms with Crippen LogP contribution in [0.15, 0.2) is 0 Å². The molecule has 0 bridgehead atoms. The minimum atomic E-state index is -0.0572. The molecule has 124 valence electrons. The Kier molecular flexibility index (Phi) is 11.3. The Bertz CT molecular complexity index is 316. The first-order chi connectivity index (χ1) is 9.69. The number of carbonyl (C=O) groups excluding carboxylic acids is 2. The van der Waals surface area contributed by atoms with Gasteiger partial charge in [0.15, 0.2) is 0 Å². The number of rotatable bonds is 8. The summed E-state index contributed by atoms with van der Waals surface area (Å²) in [6.07, 6.45) is 2.70. The van der Waals surface area contributed by atoms with Gasteiger partial charge in [-0.3, -0.25) is 9.59 Å². The number of methoxy groups -OCH3 is 1. The molecular weight excluding hydrogens is 294 g/mol. The number of ether oxygens (including phenoxy) is 1. The maximum Gasteiger partial charge on any atom is 0.236 e. The minimum absolute atomic E-state index is 0. The van der Waals surface area contributed by atoms with Crippen molar-refractivity contribution in [2.75, 3.05) is 46.4 Å². The molecule has 1 saturated heterocycles. The zero-order valence-electron chi connectivity index (χ0n) is 13.0. The lowest BCUT2D eigenvalue weighted by molar-refractivity contribution is -0.135. The van der Waals surface area contributed by atoms with Gasteiger partial charge in [0, 0.05) is 33.3 Å². The molecule has 6 nitrogen and oxygen atoms in total. The molecule has 1 aliphatic rings. The second-order valence-electron chi connectivity index (χ2n) is 5.14. The highest BCUT2D eigenvalue weighted by Crippen LogP contribution is 2.16. The van der Waals surface area contributed by atoms with E-state index in [0.717, 1.165) is 25.8 Å². The Hall–Kier alpha value is -0.850. The Morgan fingerprint density at radius 2 is 2.10 bits per heavy atom. The molecular formula is C14H28ClN3O3. The van der Waals surface area contributed by atoms with E-state index in [-0.39, 0.29) is 30.1 Å². The van der Waals surface area contributed by atoms with Gasteiger partial charge >= 0.3 is 0 Å². The van der Waals surface area contributed by atoms with Crippen LogP contribution >= 0.6 is 12.4 Å². The molecule has 21 heavy (non-hydrogen) atoms. The summed E-state index contributed by atoms with van der Waals surface area (Å²) in [6, 6.07) is 0. The fraction of sp³-hybridized carbons (Fsp3) is 0.857. The van der Waals surface area contributed by atoms with E-state index in [2.05, 4.69) is 10.6 Å². The number of amides is 2. The van der Waals surface area contributed by atoms with Crippen LogP contribution < -0.4 is 10.6 Å². The van der Waals surface area contributed by atoms with Crippen molar-refractivity contribution in [1.29, 1.82) is 0 Å². The van der Waals surface area contributed by atoms with Crippen LogP contribution in [0.3, 0.4) is 0 Å². The Morgan fingerprint density at radius 3 is 2.76 bits per heavy atom. The normalized spacial score (nSPS) is 18.0. The van der Waals surface area contributed by atoms with E-state index in [1.165, 1.54) is 0 Å². The molecule has 2 N–H and O–H groups in total. The topological polar surface area (TPSA) is 70.7 Å². The molecule has 0 saturated carbocycles. The minimum Gasteiger partial charge on any atom is -0.383 e. The molecule has 1 rings (SSSR count). The molecule has 0 spiro atoms. The predicted octanol–water partition coefficient (Wildman–Crippen LogP) is 0.409. The van der Waals surface area contributed by atoms with Gasteiger partial charge in [-0.05, 0) is 19.3 Å². The van der Waals surface area contributed by atoms with Crippen LogP contribution in [0.5, 0.6) is 0 Å². The molecule has 0 radical (unpaired) electrons. The molecule has 0 aromatic rings. The third-order valence-electron chi connectivity index (χ3n) is 3.45. The molecule has 1 aliphatic heterocycles. The highest BCUT2D eigenvalue weighted by Gasteiger charge is 2.27. The first-order valence-electron chi connectivity index (χ1n) is 7.44. The van der Waals surface area contributed by atoms with Gasteiger partial charge in [0.2, 0.25) is 11.8 Å². The van der Waals surface area contributed by atoms with Crippen LogP contribution in [-0.2, 0) is 14.3 Å². The Balaban J connectivity index is 0.00000400. The number of hydrogen-bond acceptors (Lipinski definition) is 4. The first-order valence-corrected chi connectivity index (χ1v) is 7.44. The zero-order valence-corrected chi connectivity index (χ0v) is 13.8. The molecule has 0 aliphatic carbocycles. The number of piperidine rings is 1. The van der Waals surface area contributed by atoms with E-state index >= 15 is 0 Å². The standard InChI is InChI=1S/C14H27N3O3.ClH/c1-3-6-16-14(19)12-5-4-8-17(11-12)13(18)10-15-7-9-20-2;/h12,15H,3-11H2,1-2H3,(H,16,19);1H. The van der Waals surface area contributed by atoms with E-state index in [9.17, 15) is 9.59 Å². The van der Waals surface area contributed by atoms with Crippen molar-refractivity contribution in [1.82, 2.24) is 15.5 Å². The van der Waals surface area contributed by atoms with Gasteiger partial charge in [-0.2, -0.15) is 0 Å². The third kappa shape index (κ3) is 7.64. The van der Waals surface area contributed by atoms with Crippen molar-refractivity contribution < 1.29 is 14.3 Å². The van der Waals surface area contributed by atoms with Crippen molar-refractivity contribution >= 4 is 24.2 Å². The highest BCUT2D eigenvalue weighted by molar-refractivity contribution is 5.85. The van der Waals surface area contributed by atoms with Crippen LogP contribution in [0.25, 0.3) is 0 Å². The van der Waals surface area contributed by atoms with E-state index in [0.29, 0.717) is 32.8 Å². The molecule has 1 unspecified atom stereocenters. The SMILES string of the molecule is CCCNC(=O)C1CCCN(C(=O)CNCCOC)C1.Cl. The number of hydrogen-bond donors (Lipinski definition) is 2. The van der Waals surface area contributed by atoms with Crippen LogP contribution in [0.1, 0.15) is 26.2 Å². The van der Waals surface area contributed by atoms with E-state index < -0.39 is 0 Å². The first kappa shape index (κ1) is 20.1. The van der Waals surface area contributed by atoms with Crippen LogP contribution in [0.2, 0.25) is 0 Å². The molecule has 0 aromatic heterocycles. The maximum absolute atomic E-state index is 12.0. The lowest BCUT2D eigenvalue weighted by Gasteiger charge is -2.32. The van der Waals surface area contributed by atoms with Gasteiger partial charge in [0.25, 0.3) is 0 Å². The molecule has 7 heteroatoms. The lowest BCUT2D eigenvalue weighted by atomic mass is 9.97. The summed E-state index contributed by atoms with van der Waals surface area (Å²) in [7, 11) is 1.63. The van der Waals surface area contributed by atoms with E-state index in [1.807, 2.05) is 6.92 Å². The largest absolute Gasteiger partial charge is 0.383 e. The summed E-state index contributed by atoms with van der Waals surface area (Å²) >= 11 is 0. The second kappa shape index (κ2) is 11.8. The van der Waals surface area contributed by atoms with Crippen molar-refractivity contribution in [3.63, 3.8) is 0 Å². The average molecular weight is 322 g/mol. The number of likely N-dealkylation sites (tertiary alicyclic amines) is 1. The molecule has 1 heterocycles. The molecule has 0 aromatic carbocycles. The summed E-state index contributed by atoms with van der Waals surface area (Å²) in [4.78, 5) is 25.8. The van der Waals surface area contributed by atoms with E-state index in [4.69, 9.17) is 4.74 Å². The molecule has 1 fully saturated rings. The van der Waals surface area contributed by atoms with Crippen molar-refractivity contribution in [3.05, 3.63) is 0 Å². The van der Waals surface area contributed by atoms with Crippen molar-refractivity contribution in [3.8, 4) is 0 Å². The Morgan fingerprint density at radius 1 is 1.33 bits per heavy atom. The summed E-state index contributed by atoms with van der Waals surface area (Å²) in [5.74, 6) is 0.0870. The van der Waals surface area contributed by atoms with Crippen molar-refractivity contribution in [2.45, 2.75) is 26.2 Å². The zero-order chi connectivity index (χ0) is 14.8. The fourth-order valence-electron chi connectivity index (χ4n) is 2.29. The highest BCUT2D eigenvalue weighted by atomic mass is 35.5. The average Bonchev–Trinajstić information content (AvgIpc) is 2.49. The smallest absolute Gasteiger partial charge is 0.236 e. The molecule has 2 amide bonds.